The highest BCUT2D eigenvalue weighted by Gasteiger charge is 2.28. The molecule has 2 fully saturated rings. The number of hydrogen-bond donors (Lipinski definition) is 2. The molecule has 0 aliphatic carbocycles. The first-order chi connectivity index (χ1) is 11.6. The summed E-state index contributed by atoms with van der Waals surface area (Å²) in [7, 11) is 0. The van der Waals surface area contributed by atoms with Gasteiger partial charge in [0.2, 0.25) is 11.2 Å². The minimum absolute atomic E-state index is 0.0936. The maximum Gasteiger partial charge on any atom is 0.329 e. The van der Waals surface area contributed by atoms with E-state index in [-0.39, 0.29) is 24.2 Å². The molecule has 4 heterocycles. The highest BCUT2D eigenvalue weighted by atomic mass is 35.5. The van der Waals surface area contributed by atoms with E-state index < -0.39 is 6.03 Å². The molecule has 2 aromatic heterocycles. The highest BCUT2D eigenvalue weighted by Crippen LogP contribution is 2.31. The van der Waals surface area contributed by atoms with Gasteiger partial charge in [0.1, 0.15) is 5.65 Å². The minimum atomic E-state index is -0.475. The van der Waals surface area contributed by atoms with E-state index in [9.17, 15) is 9.59 Å². The number of halogens is 1. The number of imide groups is 1. The van der Waals surface area contributed by atoms with Crippen LogP contribution in [0, 0.1) is 0 Å². The first-order valence-corrected chi connectivity index (χ1v) is 8.37. The Bertz CT molecular complexity index is 814. The second kappa shape index (κ2) is 6.03. The van der Waals surface area contributed by atoms with Gasteiger partial charge in [0.05, 0.1) is 5.39 Å². The quantitative estimate of drug-likeness (QED) is 0.801. The van der Waals surface area contributed by atoms with Gasteiger partial charge in [-0.3, -0.25) is 15.0 Å². The number of anilines is 1. The zero-order valence-corrected chi connectivity index (χ0v) is 13.7. The highest BCUT2D eigenvalue weighted by molar-refractivity contribution is 6.29. The molecule has 2 saturated heterocycles. The molecule has 2 aliphatic rings. The normalized spacial score (nSPS) is 19.8. The number of urea groups is 1. The van der Waals surface area contributed by atoms with Gasteiger partial charge in [0.15, 0.2) is 5.82 Å². The molecule has 8 nitrogen and oxygen atoms in total. The average molecular weight is 349 g/mol. The van der Waals surface area contributed by atoms with Gasteiger partial charge in [-0.1, -0.05) is 0 Å². The van der Waals surface area contributed by atoms with Crippen molar-refractivity contribution in [3.8, 4) is 0 Å². The van der Waals surface area contributed by atoms with Crippen molar-refractivity contribution in [2.24, 2.45) is 0 Å². The van der Waals surface area contributed by atoms with Crippen LogP contribution in [-0.2, 0) is 4.79 Å². The predicted octanol–water partition coefficient (Wildman–Crippen LogP) is 1.46. The van der Waals surface area contributed by atoms with Crippen molar-refractivity contribution in [1.29, 1.82) is 0 Å². The van der Waals surface area contributed by atoms with Gasteiger partial charge in [0, 0.05) is 25.2 Å². The van der Waals surface area contributed by atoms with Crippen molar-refractivity contribution < 1.29 is 9.59 Å². The van der Waals surface area contributed by atoms with E-state index in [1.54, 1.807) is 0 Å². The minimum Gasteiger partial charge on any atom is -0.329 e. The summed E-state index contributed by atoms with van der Waals surface area (Å²) < 4.78 is 2.11. The number of rotatable bonds is 2. The van der Waals surface area contributed by atoms with Gasteiger partial charge in [0.25, 0.3) is 0 Å². The van der Waals surface area contributed by atoms with Crippen LogP contribution in [0.4, 0.5) is 10.6 Å². The number of nitrogens with zero attached hydrogens (tertiary/aromatic N) is 4. The Hall–Kier alpha value is -2.19. The molecule has 126 valence electrons. The van der Waals surface area contributed by atoms with Crippen LogP contribution in [0.1, 0.15) is 25.3 Å². The van der Waals surface area contributed by atoms with Crippen LogP contribution in [0.25, 0.3) is 11.0 Å². The van der Waals surface area contributed by atoms with Crippen LogP contribution in [-0.4, -0.2) is 46.1 Å². The molecule has 0 bridgehead atoms. The van der Waals surface area contributed by atoms with Crippen LogP contribution in [0.2, 0.25) is 5.28 Å². The number of piperidine rings is 1. The third-order valence-corrected chi connectivity index (χ3v) is 4.71. The number of aromatic nitrogens is 3. The Balaban J connectivity index is 1.78. The van der Waals surface area contributed by atoms with E-state index in [1.165, 1.54) is 4.90 Å². The summed E-state index contributed by atoms with van der Waals surface area (Å²) in [6.07, 6.45) is 4.24. The third kappa shape index (κ3) is 2.61. The first-order valence-electron chi connectivity index (χ1n) is 7.99. The van der Waals surface area contributed by atoms with Gasteiger partial charge < -0.3 is 9.88 Å². The lowest BCUT2D eigenvalue weighted by Gasteiger charge is -2.27. The smallest absolute Gasteiger partial charge is 0.329 e. The van der Waals surface area contributed by atoms with E-state index in [0.717, 1.165) is 37.0 Å². The monoisotopic (exact) mass is 348 g/mol. The molecule has 0 atom stereocenters. The lowest BCUT2D eigenvalue weighted by molar-refractivity contribution is -0.120. The summed E-state index contributed by atoms with van der Waals surface area (Å²) in [5.74, 6) is 0.169. The van der Waals surface area contributed by atoms with Crippen molar-refractivity contribution >= 4 is 40.4 Å². The van der Waals surface area contributed by atoms with Crippen molar-refractivity contribution in [2.45, 2.75) is 25.3 Å². The van der Waals surface area contributed by atoms with Crippen LogP contribution in [0.5, 0.6) is 0 Å². The molecule has 2 aliphatic heterocycles. The maximum atomic E-state index is 12.1. The standard InChI is InChI=1S/C15H17ClN6O2/c16-14-19-12-10(3-7-21(12)9-1-5-17-6-2-9)13(20-14)22-8-4-11(23)18-15(22)24/h3,7,9,17H,1-2,4-6,8H2,(H,18,23,24). The van der Waals surface area contributed by atoms with Crippen LogP contribution < -0.4 is 15.5 Å². The second-order valence-electron chi connectivity index (χ2n) is 6.01. The summed E-state index contributed by atoms with van der Waals surface area (Å²) in [4.78, 5) is 33.6. The molecule has 0 spiro atoms. The lowest BCUT2D eigenvalue weighted by Crippen LogP contribution is -2.50. The molecule has 0 aromatic carbocycles. The molecular weight excluding hydrogens is 332 g/mol. The van der Waals surface area contributed by atoms with E-state index in [0.29, 0.717) is 11.9 Å². The summed E-state index contributed by atoms with van der Waals surface area (Å²) in [6.45, 7) is 2.21. The number of carbonyl (C=O) groups excluding carboxylic acids is 2. The Labute approximate surface area is 143 Å². The average Bonchev–Trinajstić information content (AvgIpc) is 2.99. The van der Waals surface area contributed by atoms with Gasteiger partial charge in [-0.15, -0.1) is 0 Å². The molecule has 2 aromatic rings. The topological polar surface area (TPSA) is 92.2 Å². The van der Waals surface area contributed by atoms with Gasteiger partial charge >= 0.3 is 6.03 Å². The Morgan fingerprint density at radius 3 is 2.75 bits per heavy atom. The van der Waals surface area contributed by atoms with Gasteiger partial charge in [-0.05, 0) is 43.6 Å². The molecule has 0 unspecified atom stereocenters. The Morgan fingerprint density at radius 1 is 1.21 bits per heavy atom. The number of nitrogens with one attached hydrogen (secondary N) is 2. The molecule has 24 heavy (non-hydrogen) atoms. The fraction of sp³-hybridized carbons (Fsp3) is 0.467. The zero-order chi connectivity index (χ0) is 16.7. The van der Waals surface area contributed by atoms with Crippen LogP contribution >= 0.6 is 11.6 Å². The SMILES string of the molecule is O=C1CCN(c2nc(Cl)nc3c2ccn3C2CCNCC2)C(=O)N1. The van der Waals surface area contributed by atoms with Crippen molar-refractivity contribution in [3.63, 3.8) is 0 Å². The van der Waals surface area contributed by atoms with Crippen LogP contribution in [0.3, 0.4) is 0 Å². The summed E-state index contributed by atoms with van der Waals surface area (Å²) in [6, 6.07) is 1.78. The fourth-order valence-electron chi connectivity index (χ4n) is 3.34. The lowest BCUT2D eigenvalue weighted by atomic mass is 10.1. The molecule has 0 radical (unpaired) electrons. The molecule has 0 saturated carbocycles. The van der Waals surface area contributed by atoms with E-state index in [2.05, 4.69) is 25.2 Å². The molecule has 2 N–H and O–H groups in total. The summed E-state index contributed by atoms with van der Waals surface area (Å²) in [5, 5.41) is 6.52. The Morgan fingerprint density at radius 2 is 2.00 bits per heavy atom. The largest absolute Gasteiger partial charge is 0.329 e. The number of fused-ring (bicyclic) bond motifs is 1. The number of hydrogen-bond acceptors (Lipinski definition) is 5. The van der Waals surface area contributed by atoms with E-state index in [1.807, 2.05) is 12.3 Å². The molecule has 9 heteroatoms. The summed E-state index contributed by atoms with van der Waals surface area (Å²) >= 11 is 6.11. The number of carbonyl (C=O) groups is 2. The molecule has 4 rings (SSSR count). The van der Waals surface area contributed by atoms with E-state index >= 15 is 0 Å². The maximum absolute atomic E-state index is 12.1. The third-order valence-electron chi connectivity index (χ3n) is 4.54. The zero-order valence-electron chi connectivity index (χ0n) is 13.0. The van der Waals surface area contributed by atoms with Gasteiger partial charge in [-0.2, -0.15) is 9.97 Å². The summed E-state index contributed by atoms with van der Waals surface area (Å²) in [5.41, 5.74) is 0.724. The first kappa shape index (κ1) is 15.3. The second-order valence-corrected chi connectivity index (χ2v) is 6.35. The van der Waals surface area contributed by atoms with E-state index in [4.69, 9.17) is 11.6 Å². The Kier molecular flexibility index (Phi) is 3.85. The fourth-order valence-corrected chi connectivity index (χ4v) is 3.50. The van der Waals surface area contributed by atoms with Crippen LogP contribution in [0.15, 0.2) is 12.3 Å². The van der Waals surface area contributed by atoms with Crippen molar-refractivity contribution in [1.82, 2.24) is 25.2 Å². The van der Waals surface area contributed by atoms with Gasteiger partial charge in [-0.25, -0.2) is 4.79 Å². The van der Waals surface area contributed by atoms with Crippen molar-refractivity contribution in [3.05, 3.63) is 17.5 Å². The molecular formula is C15H17ClN6O2. The number of amides is 3. The van der Waals surface area contributed by atoms with Crippen molar-refractivity contribution in [2.75, 3.05) is 24.5 Å². The molecule has 3 amide bonds. The predicted molar refractivity (Wildman–Crippen MR) is 89.2 cm³/mol.